The van der Waals surface area contributed by atoms with Crippen LogP contribution in [0.25, 0.3) is 0 Å². The molecule has 0 radical (unpaired) electrons. The lowest BCUT2D eigenvalue weighted by Gasteiger charge is -2.21. The van der Waals surface area contributed by atoms with Crippen LogP contribution in [-0.4, -0.2) is 9.97 Å². The number of aromatic nitrogens is 2. The molecule has 0 fully saturated rings. The summed E-state index contributed by atoms with van der Waals surface area (Å²) in [6, 6.07) is 1.45. The average Bonchev–Trinajstić information content (AvgIpc) is 2.02. The van der Waals surface area contributed by atoms with E-state index in [1.54, 1.807) is 6.92 Å². The summed E-state index contributed by atoms with van der Waals surface area (Å²) in [6.07, 6.45) is 0.736. The number of nitrogens with zero attached hydrogens (tertiary/aromatic N) is 1. The van der Waals surface area contributed by atoms with E-state index in [0.29, 0.717) is 11.5 Å². The maximum absolute atomic E-state index is 11.1. The van der Waals surface area contributed by atoms with Gasteiger partial charge in [-0.2, -0.15) is 0 Å². The lowest BCUT2D eigenvalue weighted by molar-refractivity contribution is 0.442. The Kier molecular flexibility index (Phi) is 2.52. The molecule has 3 N–H and O–H groups in total. The zero-order valence-electron chi connectivity index (χ0n) is 8.22. The SMILES string of the molecule is CC[C@@](C)(N)c1nc(C)cc(=O)[nH]1. The minimum Gasteiger partial charge on any atom is -0.319 e. The molecule has 0 aliphatic heterocycles. The minimum atomic E-state index is -0.550. The molecule has 0 aliphatic carbocycles. The normalized spacial score (nSPS) is 15.4. The van der Waals surface area contributed by atoms with Crippen molar-refractivity contribution in [3.05, 3.63) is 27.9 Å². The lowest BCUT2D eigenvalue weighted by Crippen LogP contribution is -2.36. The fourth-order valence-electron chi connectivity index (χ4n) is 1.02. The van der Waals surface area contributed by atoms with E-state index >= 15 is 0 Å². The standard InChI is InChI=1S/C9H15N3O/c1-4-9(3,10)8-11-6(2)5-7(13)12-8/h5H,4,10H2,1-3H3,(H,11,12,13)/t9-/m1/s1. The molecule has 0 bridgehead atoms. The highest BCUT2D eigenvalue weighted by Gasteiger charge is 2.21. The van der Waals surface area contributed by atoms with E-state index in [4.69, 9.17) is 5.73 Å². The molecular formula is C9H15N3O. The second-order valence-corrected chi connectivity index (χ2v) is 3.51. The van der Waals surface area contributed by atoms with Gasteiger partial charge in [0.25, 0.3) is 5.56 Å². The van der Waals surface area contributed by atoms with Gasteiger partial charge in [-0.25, -0.2) is 4.98 Å². The van der Waals surface area contributed by atoms with Gasteiger partial charge in [-0.15, -0.1) is 0 Å². The Morgan fingerprint density at radius 3 is 2.77 bits per heavy atom. The smallest absolute Gasteiger partial charge is 0.251 e. The predicted molar refractivity (Wildman–Crippen MR) is 51.4 cm³/mol. The third-order valence-corrected chi connectivity index (χ3v) is 2.15. The molecule has 0 spiro atoms. The van der Waals surface area contributed by atoms with E-state index in [-0.39, 0.29) is 5.56 Å². The molecule has 72 valence electrons. The molecule has 0 saturated carbocycles. The second kappa shape index (κ2) is 3.30. The van der Waals surface area contributed by atoms with Crippen molar-refractivity contribution in [2.75, 3.05) is 0 Å². The quantitative estimate of drug-likeness (QED) is 0.704. The largest absolute Gasteiger partial charge is 0.319 e. The third-order valence-electron chi connectivity index (χ3n) is 2.15. The molecule has 0 amide bonds. The van der Waals surface area contributed by atoms with Gasteiger partial charge < -0.3 is 10.7 Å². The van der Waals surface area contributed by atoms with Crippen LogP contribution >= 0.6 is 0 Å². The van der Waals surface area contributed by atoms with Crippen LogP contribution in [-0.2, 0) is 5.54 Å². The van der Waals surface area contributed by atoms with Crippen LogP contribution in [0.4, 0.5) is 0 Å². The van der Waals surface area contributed by atoms with Crippen LogP contribution in [0, 0.1) is 6.92 Å². The van der Waals surface area contributed by atoms with Crippen LogP contribution in [0.1, 0.15) is 31.8 Å². The van der Waals surface area contributed by atoms with Gasteiger partial charge in [0, 0.05) is 11.8 Å². The zero-order valence-corrected chi connectivity index (χ0v) is 8.22. The average molecular weight is 181 g/mol. The lowest BCUT2D eigenvalue weighted by atomic mass is 9.99. The number of rotatable bonds is 2. The van der Waals surface area contributed by atoms with Gasteiger partial charge in [0.15, 0.2) is 0 Å². The first-order valence-electron chi connectivity index (χ1n) is 4.33. The summed E-state index contributed by atoms with van der Waals surface area (Å²) in [5.74, 6) is 0.556. The highest BCUT2D eigenvalue weighted by molar-refractivity contribution is 5.07. The predicted octanol–water partition coefficient (Wildman–Crippen LogP) is 0.662. The molecule has 13 heavy (non-hydrogen) atoms. The van der Waals surface area contributed by atoms with Crippen molar-refractivity contribution in [3.63, 3.8) is 0 Å². The fraction of sp³-hybridized carbons (Fsp3) is 0.556. The Morgan fingerprint density at radius 2 is 2.31 bits per heavy atom. The Hall–Kier alpha value is -1.16. The Labute approximate surface area is 77.2 Å². The number of aryl methyl sites for hydroxylation is 1. The topological polar surface area (TPSA) is 71.8 Å². The van der Waals surface area contributed by atoms with Crippen LogP contribution in [0.2, 0.25) is 0 Å². The van der Waals surface area contributed by atoms with Gasteiger partial charge in [0.1, 0.15) is 5.82 Å². The van der Waals surface area contributed by atoms with Gasteiger partial charge in [0.05, 0.1) is 5.54 Å². The first kappa shape index (κ1) is 9.92. The molecule has 4 heteroatoms. The maximum Gasteiger partial charge on any atom is 0.251 e. The van der Waals surface area contributed by atoms with Gasteiger partial charge in [-0.1, -0.05) is 6.92 Å². The molecule has 4 nitrogen and oxygen atoms in total. The van der Waals surface area contributed by atoms with Crippen molar-refractivity contribution >= 4 is 0 Å². The molecule has 1 aromatic rings. The molecule has 0 aliphatic rings. The van der Waals surface area contributed by atoms with Crippen LogP contribution < -0.4 is 11.3 Å². The first-order chi connectivity index (χ1) is 5.95. The molecule has 1 aromatic heterocycles. The minimum absolute atomic E-state index is 0.146. The summed E-state index contributed by atoms with van der Waals surface area (Å²) in [7, 11) is 0. The van der Waals surface area contributed by atoms with Gasteiger partial charge in [-0.3, -0.25) is 4.79 Å². The molecule has 0 saturated heterocycles. The molecule has 1 heterocycles. The number of nitrogens with two attached hydrogens (primary N) is 1. The Bertz CT molecular complexity index is 354. The summed E-state index contributed by atoms with van der Waals surface area (Å²) in [5, 5.41) is 0. The van der Waals surface area contributed by atoms with E-state index in [2.05, 4.69) is 9.97 Å². The number of aromatic amines is 1. The third kappa shape index (κ3) is 2.15. The molecule has 0 aromatic carbocycles. The summed E-state index contributed by atoms with van der Waals surface area (Å²) in [4.78, 5) is 18.0. The first-order valence-corrected chi connectivity index (χ1v) is 4.33. The van der Waals surface area contributed by atoms with Crippen molar-refractivity contribution in [2.24, 2.45) is 5.73 Å². The summed E-state index contributed by atoms with van der Waals surface area (Å²) >= 11 is 0. The fourth-order valence-corrected chi connectivity index (χ4v) is 1.02. The second-order valence-electron chi connectivity index (χ2n) is 3.51. The van der Waals surface area contributed by atoms with Crippen molar-refractivity contribution in [3.8, 4) is 0 Å². The number of hydrogen-bond acceptors (Lipinski definition) is 3. The summed E-state index contributed by atoms with van der Waals surface area (Å²) < 4.78 is 0. The monoisotopic (exact) mass is 181 g/mol. The van der Waals surface area contributed by atoms with Crippen molar-refractivity contribution in [1.82, 2.24) is 9.97 Å². The van der Waals surface area contributed by atoms with E-state index < -0.39 is 5.54 Å². The summed E-state index contributed by atoms with van der Waals surface area (Å²) in [5.41, 5.74) is 5.94. The number of H-pyrrole nitrogens is 1. The van der Waals surface area contributed by atoms with Crippen LogP contribution in [0.5, 0.6) is 0 Å². The van der Waals surface area contributed by atoms with E-state index in [1.165, 1.54) is 6.07 Å². The molecule has 1 rings (SSSR count). The highest BCUT2D eigenvalue weighted by atomic mass is 16.1. The van der Waals surface area contributed by atoms with E-state index in [1.807, 2.05) is 13.8 Å². The highest BCUT2D eigenvalue weighted by Crippen LogP contribution is 2.15. The van der Waals surface area contributed by atoms with E-state index in [9.17, 15) is 4.79 Å². The number of hydrogen-bond donors (Lipinski definition) is 2. The molecular weight excluding hydrogens is 166 g/mol. The number of nitrogens with one attached hydrogen (secondary N) is 1. The summed E-state index contributed by atoms with van der Waals surface area (Å²) in [6.45, 7) is 5.59. The zero-order chi connectivity index (χ0) is 10.1. The van der Waals surface area contributed by atoms with Gasteiger partial charge in [0.2, 0.25) is 0 Å². The molecule has 0 unspecified atom stereocenters. The van der Waals surface area contributed by atoms with Gasteiger partial charge >= 0.3 is 0 Å². The van der Waals surface area contributed by atoms with Crippen molar-refractivity contribution in [2.45, 2.75) is 32.7 Å². The van der Waals surface area contributed by atoms with Crippen LogP contribution in [0.15, 0.2) is 10.9 Å². The van der Waals surface area contributed by atoms with Crippen molar-refractivity contribution < 1.29 is 0 Å². The Morgan fingerprint density at radius 1 is 1.69 bits per heavy atom. The molecule has 1 atom stereocenters. The maximum atomic E-state index is 11.1. The van der Waals surface area contributed by atoms with Crippen LogP contribution in [0.3, 0.4) is 0 Å². The van der Waals surface area contributed by atoms with Crippen molar-refractivity contribution in [1.29, 1.82) is 0 Å². The Balaban J connectivity index is 3.23. The van der Waals surface area contributed by atoms with E-state index in [0.717, 1.165) is 6.42 Å². The van der Waals surface area contributed by atoms with Gasteiger partial charge in [-0.05, 0) is 20.3 Å².